The lowest BCUT2D eigenvalue weighted by Gasteiger charge is -2.09. The molecule has 0 amide bonds. The Labute approximate surface area is 180 Å². The Hall–Kier alpha value is -3.34. The quantitative estimate of drug-likeness (QED) is 0.699. The van der Waals surface area contributed by atoms with Gasteiger partial charge in [-0.3, -0.25) is 0 Å². The number of rotatable bonds is 4. The number of nitrogens with one attached hydrogen (secondary N) is 1. The van der Waals surface area contributed by atoms with E-state index in [9.17, 15) is 0 Å². The highest BCUT2D eigenvalue weighted by atomic mass is 16.5. The van der Waals surface area contributed by atoms with Crippen molar-refractivity contribution < 1.29 is 9.47 Å². The molecule has 0 bridgehead atoms. The minimum absolute atomic E-state index is 0.157. The minimum Gasteiger partial charge on any atom is -0.474 e. The highest BCUT2D eigenvalue weighted by Gasteiger charge is 2.40. The van der Waals surface area contributed by atoms with Crippen molar-refractivity contribution >= 4 is 11.8 Å². The molecule has 0 saturated heterocycles. The molecular weight excluding hydrogens is 386 g/mol. The Morgan fingerprint density at radius 2 is 1.16 bits per heavy atom. The smallest absolute Gasteiger partial charge is 0.190 e. The molecule has 0 radical (unpaired) electrons. The summed E-state index contributed by atoms with van der Waals surface area (Å²) in [4.78, 5) is 13.3. The molecule has 3 heterocycles. The van der Waals surface area contributed by atoms with Gasteiger partial charge in [-0.2, -0.15) is 0 Å². The van der Waals surface area contributed by atoms with Crippen molar-refractivity contribution in [3.63, 3.8) is 0 Å². The number of fused-ring (bicyclic) bond motifs is 6. The zero-order valence-corrected chi connectivity index (χ0v) is 17.1. The van der Waals surface area contributed by atoms with Crippen LogP contribution in [0.2, 0.25) is 0 Å². The molecule has 1 aromatic heterocycles. The van der Waals surface area contributed by atoms with Crippen molar-refractivity contribution in [1.29, 1.82) is 0 Å². The first-order chi connectivity index (χ1) is 15.3. The molecule has 4 atom stereocenters. The maximum atomic E-state index is 6.18. The first-order valence-corrected chi connectivity index (χ1v) is 11.1. The van der Waals surface area contributed by atoms with Crippen LogP contribution in [0.15, 0.2) is 70.6 Å². The van der Waals surface area contributed by atoms with Crippen molar-refractivity contribution in [3.05, 3.63) is 94.3 Å². The number of aromatic amines is 1. The number of hydrogen-bond acceptors (Lipinski definition) is 4. The third-order valence-electron chi connectivity index (χ3n) is 6.93. The highest BCUT2D eigenvalue weighted by molar-refractivity contribution is 5.82. The fraction of sp³-hybridized carbons (Fsp3) is 0.308. The number of nitrogens with zero attached hydrogens (tertiary/aromatic N) is 2. The number of H-pyrrole nitrogens is 1. The summed E-state index contributed by atoms with van der Waals surface area (Å²) in [5.74, 6) is 1.66. The fourth-order valence-electron chi connectivity index (χ4n) is 5.51. The summed E-state index contributed by atoms with van der Waals surface area (Å²) in [5, 5.41) is 0. The molecule has 0 spiro atoms. The van der Waals surface area contributed by atoms with Crippen LogP contribution >= 0.6 is 0 Å². The molecule has 1 N–H and O–H groups in total. The van der Waals surface area contributed by atoms with Crippen molar-refractivity contribution in [2.45, 2.75) is 50.0 Å². The maximum Gasteiger partial charge on any atom is 0.190 e. The van der Waals surface area contributed by atoms with Gasteiger partial charge in [0.05, 0.1) is 12.8 Å². The van der Waals surface area contributed by atoms with E-state index in [-0.39, 0.29) is 24.3 Å². The van der Waals surface area contributed by atoms with Crippen LogP contribution < -0.4 is 0 Å². The van der Waals surface area contributed by atoms with E-state index in [0.717, 1.165) is 36.0 Å². The molecule has 31 heavy (non-hydrogen) atoms. The van der Waals surface area contributed by atoms with E-state index in [2.05, 4.69) is 65.6 Å². The van der Waals surface area contributed by atoms with E-state index in [4.69, 9.17) is 19.5 Å². The molecule has 2 aliphatic carbocycles. The first kappa shape index (κ1) is 17.4. The van der Waals surface area contributed by atoms with Gasteiger partial charge in [-0.05, 0) is 34.4 Å². The van der Waals surface area contributed by atoms with E-state index < -0.39 is 0 Å². The minimum atomic E-state index is 0.157. The molecule has 0 unspecified atom stereocenters. The van der Waals surface area contributed by atoms with Gasteiger partial charge in [0.15, 0.2) is 11.8 Å². The summed E-state index contributed by atoms with van der Waals surface area (Å²) in [5.41, 5.74) is 7.60. The molecule has 5 heteroatoms. The van der Waals surface area contributed by atoms with Gasteiger partial charge in [-0.25, -0.2) is 9.98 Å². The van der Waals surface area contributed by atoms with Crippen LogP contribution in [0.5, 0.6) is 0 Å². The van der Waals surface area contributed by atoms with Crippen LogP contribution in [0.3, 0.4) is 0 Å². The summed E-state index contributed by atoms with van der Waals surface area (Å²) in [6.45, 7) is 0. The lowest BCUT2D eigenvalue weighted by molar-refractivity contribution is 0.202. The molecule has 3 aromatic rings. The van der Waals surface area contributed by atoms with E-state index in [1.54, 1.807) is 0 Å². The Bertz CT molecular complexity index is 1150. The molecule has 2 aliphatic heterocycles. The zero-order chi connectivity index (χ0) is 20.4. The van der Waals surface area contributed by atoms with Crippen LogP contribution in [-0.4, -0.2) is 29.0 Å². The lowest BCUT2D eigenvalue weighted by Crippen LogP contribution is -2.15. The molecule has 0 fully saturated rings. The van der Waals surface area contributed by atoms with Crippen LogP contribution in [0, 0.1) is 0 Å². The third-order valence-corrected chi connectivity index (χ3v) is 6.93. The Morgan fingerprint density at radius 3 is 1.68 bits per heavy atom. The first-order valence-electron chi connectivity index (χ1n) is 11.1. The number of benzene rings is 2. The average molecular weight is 409 g/mol. The SMILES string of the molecule is c1ccc2c(c1)C[C@@H]1OC(Cc3ccc(CC4=N[C@@H]5c6ccccc6C[C@@H]5O4)[nH]3)=N[C@H]21. The van der Waals surface area contributed by atoms with E-state index in [0.29, 0.717) is 12.8 Å². The Kier molecular flexibility index (Phi) is 3.68. The van der Waals surface area contributed by atoms with Gasteiger partial charge >= 0.3 is 0 Å². The predicted octanol–water partition coefficient (Wildman–Crippen LogP) is 4.29. The van der Waals surface area contributed by atoms with Gasteiger partial charge in [0.25, 0.3) is 0 Å². The summed E-state index contributed by atoms with van der Waals surface area (Å²) < 4.78 is 12.4. The number of aromatic nitrogens is 1. The molecule has 4 aliphatic rings. The average Bonchev–Trinajstić information content (AvgIpc) is 3.55. The topological polar surface area (TPSA) is 59.0 Å². The van der Waals surface area contributed by atoms with Crippen LogP contribution in [0.4, 0.5) is 0 Å². The number of hydrogen-bond donors (Lipinski definition) is 1. The van der Waals surface area contributed by atoms with Gasteiger partial charge < -0.3 is 14.5 Å². The molecule has 154 valence electrons. The van der Waals surface area contributed by atoms with Gasteiger partial charge in [-0.15, -0.1) is 0 Å². The molecular formula is C26H23N3O2. The second-order valence-corrected chi connectivity index (χ2v) is 8.92. The predicted molar refractivity (Wildman–Crippen MR) is 119 cm³/mol. The number of aliphatic imine (C=N–C) groups is 2. The molecule has 7 rings (SSSR count). The van der Waals surface area contributed by atoms with Crippen LogP contribution in [0.1, 0.15) is 45.7 Å². The molecule has 5 nitrogen and oxygen atoms in total. The van der Waals surface area contributed by atoms with Crippen molar-refractivity contribution in [2.75, 3.05) is 0 Å². The molecule has 0 saturated carbocycles. The summed E-state index contributed by atoms with van der Waals surface area (Å²) in [6.07, 6.45) is 3.61. The third kappa shape index (κ3) is 2.83. The van der Waals surface area contributed by atoms with Crippen molar-refractivity contribution in [2.24, 2.45) is 9.98 Å². The Morgan fingerprint density at radius 1 is 0.677 bits per heavy atom. The largest absolute Gasteiger partial charge is 0.474 e. The zero-order valence-electron chi connectivity index (χ0n) is 17.1. The second kappa shape index (κ2) is 6.58. The normalized spacial score (nSPS) is 27.0. The summed E-state index contributed by atoms with van der Waals surface area (Å²) in [7, 11) is 0. The van der Waals surface area contributed by atoms with E-state index in [1.807, 2.05) is 0 Å². The maximum absolute atomic E-state index is 6.18. The fourth-order valence-corrected chi connectivity index (χ4v) is 5.51. The van der Waals surface area contributed by atoms with Crippen molar-refractivity contribution in [1.82, 2.24) is 4.98 Å². The van der Waals surface area contributed by atoms with Gasteiger partial charge in [0.2, 0.25) is 0 Å². The van der Waals surface area contributed by atoms with E-state index in [1.165, 1.54) is 22.3 Å². The monoisotopic (exact) mass is 409 g/mol. The van der Waals surface area contributed by atoms with Crippen LogP contribution in [0.25, 0.3) is 0 Å². The number of ether oxygens (including phenoxy) is 2. The standard InChI is InChI=1S/C26H23N3O2/c1-3-7-19-15(5-1)11-21-25(19)28-23(30-21)13-17-9-10-18(27-17)14-24-29-26-20-8-4-2-6-16(20)12-22(26)31-24/h1-10,21-22,25-27H,11-14H2/t21-,22-,25+,26+/m0/s1. The van der Waals surface area contributed by atoms with Crippen molar-refractivity contribution in [3.8, 4) is 0 Å². The van der Waals surface area contributed by atoms with E-state index >= 15 is 0 Å². The van der Waals surface area contributed by atoms with Crippen LogP contribution in [-0.2, 0) is 35.2 Å². The molecule has 2 aromatic carbocycles. The van der Waals surface area contributed by atoms with Gasteiger partial charge in [-0.1, -0.05) is 48.5 Å². The van der Waals surface area contributed by atoms with Gasteiger partial charge in [0, 0.05) is 24.2 Å². The Balaban J connectivity index is 1.04. The summed E-state index contributed by atoms with van der Waals surface area (Å²) in [6, 6.07) is 21.6. The second-order valence-electron chi connectivity index (χ2n) is 8.92. The van der Waals surface area contributed by atoms with Gasteiger partial charge in [0.1, 0.15) is 24.3 Å². The highest BCUT2D eigenvalue weighted by Crippen LogP contribution is 2.41. The summed E-state index contributed by atoms with van der Waals surface area (Å²) >= 11 is 0. The lowest BCUT2D eigenvalue weighted by atomic mass is 10.1.